The number of nitrogens with zero attached hydrogens (tertiary/aromatic N) is 2. The number of rotatable bonds is 5. The van der Waals surface area contributed by atoms with Crippen LogP contribution in [0.2, 0.25) is 0 Å². The first-order valence-corrected chi connectivity index (χ1v) is 9.31. The summed E-state index contributed by atoms with van der Waals surface area (Å²) >= 11 is 1.21. The number of aromatic nitrogens is 1. The summed E-state index contributed by atoms with van der Waals surface area (Å²) in [5, 5.41) is 3.00. The van der Waals surface area contributed by atoms with Crippen molar-refractivity contribution in [1.29, 1.82) is 0 Å². The number of amides is 1. The molecule has 0 bridgehead atoms. The maximum atomic E-state index is 13.5. The minimum absolute atomic E-state index is 0.178. The minimum atomic E-state index is -2.69. The summed E-state index contributed by atoms with van der Waals surface area (Å²) in [6.45, 7) is 3.40. The second kappa shape index (κ2) is 7.21. The van der Waals surface area contributed by atoms with Crippen LogP contribution in [0.1, 0.15) is 25.1 Å². The second-order valence-corrected chi connectivity index (χ2v) is 8.37. The molecule has 1 aliphatic heterocycles. The maximum absolute atomic E-state index is 13.5. The van der Waals surface area contributed by atoms with E-state index in [0.717, 1.165) is 4.88 Å². The van der Waals surface area contributed by atoms with Crippen LogP contribution in [0.15, 0.2) is 24.3 Å². The molecule has 0 spiro atoms. The van der Waals surface area contributed by atoms with Gasteiger partial charge < -0.3 is 11.1 Å². The fourth-order valence-corrected chi connectivity index (χ4v) is 3.77. The molecule has 27 heavy (non-hydrogen) atoms. The van der Waals surface area contributed by atoms with E-state index in [9.17, 15) is 18.0 Å². The molecule has 0 atom stereocenters. The lowest BCUT2D eigenvalue weighted by atomic mass is 10.1. The molecule has 3 rings (SSSR count). The van der Waals surface area contributed by atoms with E-state index in [1.54, 1.807) is 30.9 Å². The number of hydrogen-bond acceptors (Lipinski definition) is 5. The SMILES string of the molecule is CC(C)(N)C(=O)Nc1nc(-c2ccc(F)cc2)c(CN2CCC(F)(F)C2)s1. The number of benzene rings is 1. The van der Waals surface area contributed by atoms with Gasteiger partial charge in [-0.3, -0.25) is 9.69 Å². The average Bonchev–Trinajstić information content (AvgIpc) is 3.10. The van der Waals surface area contributed by atoms with Gasteiger partial charge >= 0.3 is 0 Å². The highest BCUT2D eigenvalue weighted by Gasteiger charge is 2.38. The summed E-state index contributed by atoms with van der Waals surface area (Å²) in [6, 6.07) is 5.77. The zero-order valence-electron chi connectivity index (χ0n) is 15.1. The Morgan fingerprint density at radius 1 is 1.37 bits per heavy atom. The van der Waals surface area contributed by atoms with E-state index in [1.807, 2.05) is 0 Å². The van der Waals surface area contributed by atoms with Gasteiger partial charge in [0.25, 0.3) is 5.92 Å². The molecule has 1 amide bonds. The number of hydrogen-bond donors (Lipinski definition) is 2. The number of thiazole rings is 1. The van der Waals surface area contributed by atoms with Crippen molar-refractivity contribution >= 4 is 22.4 Å². The van der Waals surface area contributed by atoms with Crippen LogP contribution < -0.4 is 11.1 Å². The third-order valence-corrected chi connectivity index (χ3v) is 5.19. The Morgan fingerprint density at radius 3 is 2.59 bits per heavy atom. The highest BCUT2D eigenvalue weighted by molar-refractivity contribution is 7.16. The predicted octanol–water partition coefficient (Wildman–Crippen LogP) is 3.47. The Bertz CT molecular complexity index is 830. The van der Waals surface area contributed by atoms with Crippen molar-refractivity contribution in [3.8, 4) is 11.3 Å². The van der Waals surface area contributed by atoms with Crippen molar-refractivity contribution in [1.82, 2.24) is 9.88 Å². The van der Waals surface area contributed by atoms with Crippen molar-refractivity contribution in [3.05, 3.63) is 35.0 Å². The van der Waals surface area contributed by atoms with Gasteiger partial charge in [0.15, 0.2) is 5.13 Å². The van der Waals surface area contributed by atoms with Crippen LogP contribution in [0.4, 0.5) is 18.3 Å². The van der Waals surface area contributed by atoms with Gasteiger partial charge in [0.1, 0.15) is 5.82 Å². The van der Waals surface area contributed by atoms with E-state index < -0.39 is 17.4 Å². The first-order chi connectivity index (χ1) is 12.5. The highest BCUT2D eigenvalue weighted by Crippen LogP contribution is 2.35. The van der Waals surface area contributed by atoms with Crippen LogP contribution >= 0.6 is 11.3 Å². The first-order valence-electron chi connectivity index (χ1n) is 8.50. The minimum Gasteiger partial charge on any atom is -0.318 e. The number of carbonyl (C=O) groups is 1. The van der Waals surface area contributed by atoms with Gasteiger partial charge in [0.05, 0.1) is 17.8 Å². The average molecular weight is 398 g/mol. The van der Waals surface area contributed by atoms with Crippen LogP contribution in [0, 0.1) is 5.82 Å². The number of likely N-dealkylation sites (tertiary alicyclic amines) is 1. The lowest BCUT2D eigenvalue weighted by Gasteiger charge is -2.16. The van der Waals surface area contributed by atoms with Gasteiger partial charge in [0, 0.05) is 30.0 Å². The fourth-order valence-electron chi connectivity index (χ4n) is 2.75. The van der Waals surface area contributed by atoms with Crippen LogP contribution in [-0.2, 0) is 11.3 Å². The summed E-state index contributed by atoms with van der Waals surface area (Å²) < 4.78 is 40.3. The quantitative estimate of drug-likeness (QED) is 0.809. The van der Waals surface area contributed by atoms with Gasteiger partial charge in [-0.05, 0) is 38.1 Å². The van der Waals surface area contributed by atoms with E-state index in [2.05, 4.69) is 10.3 Å². The smallest absolute Gasteiger partial charge is 0.261 e. The summed E-state index contributed by atoms with van der Waals surface area (Å²) in [5.41, 5.74) is 5.90. The molecule has 1 aromatic heterocycles. The molecule has 2 aromatic rings. The summed E-state index contributed by atoms with van der Waals surface area (Å²) in [4.78, 5) is 19.0. The Morgan fingerprint density at radius 2 is 2.04 bits per heavy atom. The number of carbonyl (C=O) groups excluding carboxylic acids is 1. The van der Waals surface area contributed by atoms with E-state index >= 15 is 0 Å². The number of nitrogens with one attached hydrogen (secondary N) is 1. The van der Waals surface area contributed by atoms with Crippen LogP contribution in [0.25, 0.3) is 11.3 Å². The van der Waals surface area contributed by atoms with Crippen molar-refractivity contribution in [3.63, 3.8) is 0 Å². The summed E-state index contributed by atoms with van der Waals surface area (Å²) in [6.07, 6.45) is -0.178. The van der Waals surface area contributed by atoms with Crippen molar-refractivity contribution < 1.29 is 18.0 Å². The second-order valence-electron chi connectivity index (χ2n) is 7.29. The van der Waals surface area contributed by atoms with E-state index in [4.69, 9.17) is 5.73 Å². The van der Waals surface area contributed by atoms with E-state index in [-0.39, 0.29) is 31.9 Å². The Hall–Kier alpha value is -1.97. The largest absolute Gasteiger partial charge is 0.318 e. The molecule has 1 saturated heterocycles. The molecule has 0 unspecified atom stereocenters. The molecule has 1 fully saturated rings. The summed E-state index contributed by atoms with van der Waals surface area (Å²) in [5.74, 6) is -3.48. The fraction of sp³-hybridized carbons (Fsp3) is 0.444. The van der Waals surface area contributed by atoms with Gasteiger partial charge in [-0.2, -0.15) is 0 Å². The molecule has 0 radical (unpaired) electrons. The van der Waals surface area contributed by atoms with Crippen LogP contribution in [-0.4, -0.2) is 40.3 Å². The summed E-state index contributed by atoms with van der Waals surface area (Å²) in [7, 11) is 0. The topological polar surface area (TPSA) is 71.2 Å². The molecule has 9 heteroatoms. The first kappa shape index (κ1) is 19.8. The standard InChI is InChI=1S/C18H21F3N4OS/c1-17(2,22)15(26)24-16-23-14(11-3-5-12(19)6-4-11)13(27-16)9-25-8-7-18(20,21)10-25/h3-6H,7-10,22H2,1-2H3,(H,23,24,26). The monoisotopic (exact) mass is 398 g/mol. The lowest BCUT2D eigenvalue weighted by molar-refractivity contribution is -0.120. The molecule has 1 aliphatic rings. The van der Waals surface area contributed by atoms with Crippen LogP contribution in [0.5, 0.6) is 0 Å². The maximum Gasteiger partial charge on any atom is 0.261 e. The van der Waals surface area contributed by atoms with Crippen molar-refractivity contribution in [2.24, 2.45) is 5.73 Å². The number of halogens is 3. The third-order valence-electron chi connectivity index (χ3n) is 4.24. The van der Waals surface area contributed by atoms with Crippen molar-refractivity contribution in [2.45, 2.75) is 38.3 Å². The molecule has 1 aromatic carbocycles. The van der Waals surface area contributed by atoms with Gasteiger partial charge in [0.2, 0.25) is 5.91 Å². The third kappa shape index (κ3) is 4.85. The molecular weight excluding hydrogens is 377 g/mol. The molecule has 146 valence electrons. The molecule has 0 aliphatic carbocycles. The van der Waals surface area contributed by atoms with Crippen molar-refractivity contribution in [2.75, 3.05) is 18.4 Å². The molecule has 3 N–H and O–H groups in total. The predicted molar refractivity (Wildman–Crippen MR) is 99.2 cm³/mol. The zero-order chi connectivity index (χ0) is 19.8. The number of nitrogens with two attached hydrogens (primary N) is 1. The van der Waals surface area contributed by atoms with Crippen LogP contribution in [0.3, 0.4) is 0 Å². The molecular formula is C18H21F3N4OS. The van der Waals surface area contributed by atoms with E-state index in [0.29, 0.717) is 16.4 Å². The number of anilines is 1. The molecule has 2 heterocycles. The highest BCUT2D eigenvalue weighted by atomic mass is 32.1. The van der Waals surface area contributed by atoms with E-state index in [1.165, 1.54) is 23.5 Å². The molecule has 5 nitrogen and oxygen atoms in total. The molecule has 0 saturated carbocycles. The lowest BCUT2D eigenvalue weighted by Crippen LogP contribution is -2.45. The zero-order valence-corrected chi connectivity index (χ0v) is 15.9. The number of alkyl halides is 2. The van der Waals surface area contributed by atoms with Gasteiger partial charge in [-0.1, -0.05) is 11.3 Å². The Kier molecular flexibility index (Phi) is 5.29. The van der Waals surface area contributed by atoms with Gasteiger partial charge in [-0.25, -0.2) is 18.2 Å². The Balaban J connectivity index is 1.89. The Labute approximate surface area is 159 Å². The normalized spacial score (nSPS) is 17.3. The van der Waals surface area contributed by atoms with Gasteiger partial charge in [-0.15, -0.1) is 0 Å².